The van der Waals surface area contributed by atoms with Crippen molar-refractivity contribution in [2.75, 3.05) is 39.9 Å². The molecule has 3 atom stereocenters. The van der Waals surface area contributed by atoms with Gasteiger partial charge in [-0.2, -0.15) is 0 Å². The van der Waals surface area contributed by atoms with E-state index in [1.165, 1.54) is 14.0 Å². The van der Waals surface area contributed by atoms with E-state index in [2.05, 4.69) is 31.2 Å². The zero-order valence-electron chi connectivity index (χ0n) is 27.9. The van der Waals surface area contributed by atoms with E-state index in [1.807, 2.05) is 19.2 Å². The van der Waals surface area contributed by atoms with E-state index in [9.17, 15) is 24.3 Å². The Morgan fingerprint density at radius 3 is 2.47 bits per heavy atom. The van der Waals surface area contributed by atoms with Gasteiger partial charge >= 0.3 is 0 Å². The van der Waals surface area contributed by atoms with Crippen LogP contribution in [0.15, 0.2) is 29.8 Å². The molecule has 0 radical (unpaired) electrons. The molecule has 0 unspecified atom stereocenters. The van der Waals surface area contributed by atoms with Crippen molar-refractivity contribution in [2.45, 2.75) is 84.0 Å². The van der Waals surface area contributed by atoms with E-state index in [0.717, 1.165) is 36.5 Å². The van der Waals surface area contributed by atoms with Crippen molar-refractivity contribution >= 4 is 35.0 Å². The third-order valence-corrected chi connectivity index (χ3v) is 8.43. The summed E-state index contributed by atoms with van der Waals surface area (Å²) in [5, 5.41) is 24.5. The van der Waals surface area contributed by atoms with Crippen LogP contribution in [0.25, 0.3) is 0 Å². The second kappa shape index (κ2) is 19.8. The number of methoxy groups -OCH3 is 1. The van der Waals surface area contributed by atoms with E-state index in [-0.39, 0.29) is 30.8 Å². The molecule has 13 nitrogen and oxygen atoms in total. The number of nitrogens with one attached hydrogen (secondary N) is 4. The highest BCUT2D eigenvalue weighted by Crippen LogP contribution is 2.28. The molecule has 14 heteroatoms. The van der Waals surface area contributed by atoms with Crippen LogP contribution in [-0.2, 0) is 32.1 Å². The number of ether oxygens (including phenoxy) is 2. The normalized spacial score (nSPS) is 21.2. The largest absolute Gasteiger partial charge is 0.493 e. The quantitative estimate of drug-likeness (QED) is 0.287. The van der Waals surface area contributed by atoms with Crippen LogP contribution in [0.4, 0.5) is 0 Å². The Balaban J connectivity index is 1.74. The summed E-state index contributed by atoms with van der Waals surface area (Å²) in [5.74, 6) is -0.649. The molecule has 3 heterocycles. The molecule has 0 saturated heterocycles. The monoisotopic (exact) mass is 674 g/mol. The van der Waals surface area contributed by atoms with Crippen LogP contribution < -0.4 is 30.7 Å². The highest BCUT2D eigenvalue weighted by Gasteiger charge is 2.30. The van der Waals surface area contributed by atoms with Gasteiger partial charge in [0, 0.05) is 37.6 Å². The standard InChI is InChI=1S/C33H50N6O7S/c1-22(2)18-25-32(43)38-31(23(3)40)33(44)36-12-5-6-15-39(20-30-35-14-17-47-30)16-7-13-34-29(42)21-46-26-10-8-24(19-27(26)45-4)9-11-28(41)37-25/h8,10,14,17,19,22-23,25,31,40H,5-7,9,11-13,15-16,18,20-21H2,1-4H3,(H,34,42)(H,36,44)(H,37,41)(H,38,43)/t23-,25-,31+/m1/s1. The van der Waals surface area contributed by atoms with Gasteiger partial charge < -0.3 is 35.8 Å². The molecule has 2 aromatic rings. The minimum absolute atomic E-state index is 0.0827. The summed E-state index contributed by atoms with van der Waals surface area (Å²) in [6.45, 7) is 8.19. The number of rotatable bonds is 6. The Labute approximate surface area is 281 Å². The minimum Gasteiger partial charge on any atom is -0.493 e. The number of thiazole rings is 1. The maximum atomic E-state index is 13.3. The summed E-state index contributed by atoms with van der Waals surface area (Å²) in [4.78, 5) is 58.4. The summed E-state index contributed by atoms with van der Waals surface area (Å²) in [6.07, 6.45) is 3.68. The number of nitrogens with zero attached hydrogens (tertiary/aromatic N) is 2. The fraction of sp³-hybridized carbons (Fsp3) is 0.606. The SMILES string of the molecule is COc1cc2ccc1OCC(=O)NCCCN(Cc1nccs1)CCCCNC(=O)[C@H]([C@@H](C)O)NC(=O)[C@@H](CC(C)C)NC(=O)CC2. The molecule has 0 spiro atoms. The van der Waals surface area contributed by atoms with Gasteiger partial charge in [-0.05, 0) is 69.2 Å². The number of carbonyl (C=O) groups is 4. The average Bonchev–Trinajstić information content (AvgIpc) is 3.55. The van der Waals surface area contributed by atoms with Gasteiger partial charge in [-0.15, -0.1) is 11.3 Å². The number of fused-ring (bicyclic) bond motifs is 23. The number of amides is 4. The second-order valence-electron chi connectivity index (χ2n) is 12.2. The predicted molar refractivity (Wildman–Crippen MR) is 179 cm³/mol. The van der Waals surface area contributed by atoms with Crippen molar-refractivity contribution in [1.29, 1.82) is 0 Å². The van der Waals surface area contributed by atoms with E-state index >= 15 is 0 Å². The van der Waals surface area contributed by atoms with E-state index in [0.29, 0.717) is 50.4 Å². The number of aliphatic hydroxyl groups is 1. The molecule has 0 saturated carbocycles. The Hall–Kier alpha value is -3.75. The number of carbonyl (C=O) groups excluding carboxylic acids is 4. The Morgan fingerprint density at radius 2 is 1.77 bits per heavy atom. The van der Waals surface area contributed by atoms with Crippen LogP contribution in [0, 0.1) is 5.92 Å². The smallest absolute Gasteiger partial charge is 0.257 e. The summed E-state index contributed by atoms with van der Waals surface area (Å²) < 4.78 is 11.2. The molecular formula is C33H50N6O7S. The number of aromatic nitrogens is 1. The van der Waals surface area contributed by atoms with Crippen LogP contribution in [0.5, 0.6) is 11.5 Å². The number of benzene rings is 1. The van der Waals surface area contributed by atoms with E-state index in [1.54, 1.807) is 35.7 Å². The lowest BCUT2D eigenvalue weighted by atomic mass is 10.0. The number of hydrogen-bond donors (Lipinski definition) is 5. The Kier molecular flexibility index (Phi) is 15.9. The lowest BCUT2D eigenvalue weighted by Gasteiger charge is -2.26. The predicted octanol–water partition coefficient (Wildman–Crippen LogP) is 1.78. The lowest BCUT2D eigenvalue weighted by molar-refractivity contribution is -0.134. The highest BCUT2D eigenvalue weighted by molar-refractivity contribution is 7.09. The van der Waals surface area contributed by atoms with Gasteiger partial charge in [-0.3, -0.25) is 24.1 Å². The molecule has 1 aromatic carbocycles. The molecule has 4 amide bonds. The highest BCUT2D eigenvalue weighted by atomic mass is 32.1. The third kappa shape index (κ3) is 13.5. The zero-order valence-corrected chi connectivity index (χ0v) is 28.7. The molecule has 0 fully saturated rings. The summed E-state index contributed by atoms with van der Waals surface area (Å²) >= 11 is 1.59. The minimum atomic E-state index is -1.17. The lowest BCUT2D eigenvalue weighted by Crippen LogP contribution is -2.57. The van der Waals surface area contributed by atoms with Gasteiger partial charge in [0.1, 0.15) is 17.1 Å². The first kappa shape index (κ1) is 37.7. The molecule has 2 aliphatic rings. The maximum absolute atomic E-state index is 13.3. The zero-order chi connectivity index (χ0) is 34.2. The van der Waals surface area contributed by atoms with Crippen molar-refractivity contribution in [1.82, 2.24) is 31.2 Å². The van der Waals surface area contributed by atoms with Crippen molar-refractivity contribution < 1.29 is 33.8 Å². The first-order valence-corrected chi connectivity index (χ1v) is 17.2. The third-order valence-electron chi connectivity index (χ3n) is 7.66. The first-order chi connectivity index (χ1) is 22.5. The van der Waals surface area contributed by atoms with Gasteiger partial charge in [-0.1, -0.05) is 19.9 Å². The van der Waals surface area contributed by atoms with Crippen molar-refractivity contribution in [3.8, 4) is 11.5 Å². The average molecular weight is 675 g/mol. The summed E-state index contributed by atoms with van der Waals surface area (Å²) in [6, 6.07) is 3.21. The molecule has 5 N–H and O–H groups in total. The molecule has 47 heavy (non-hydrogen) atoms. The number of aliphatic hydroxyl groups excluding tert-OH is 1. The fourth-order valence-electron chi connectivity index (χ4n) is 5.17. The molecule has 4 rings (SSSR count). The summed E-state index contributed by atoms with van der Waals surface area (Å²) in [7, 11) is 1.51. The fourth-order valence-corrected chi connectivity index (χ4v) is 5.83. The molecule has 260 valence electrons. The van der Waals surface area contributed by atoms with Crippen molar-refractivity contribution in [3.63, 3.8) is 0 Å². The van der Waals surface area contributed by atoms with Gasteiger partial charge in [0.25, 0.3) is 5.91 Å². The van der Waals surface area contributed by atoms with Crippen molar-refractivity contribution in [3.05, 3.63) is 40.3 Å². The van der Waals surface area contributed by atoms with Crippen LogP contribution in [0.1, 0.15) is 63.4 Å². The van der Waals surface area contributed by atoms with Crippen LogP contribution in [-0.4, -0.2) is 96.7 Å². The topological polar surface area (TPSA) is 171 Å². The number of hydrogen-bond acceptors (Lipinski definition) is 10. The molecule has 1 aromatic heterocycles. The molecule has 2 aliphatic heterocycles. The second-order valence-corrected chi connectivity index (χ2v) is 13.1. The van der Waals surface area contributed by atoms with Gasteiger partial charge in [0.15, 0.2) is 18.1 Å². The Bertz CT molecular complexity index is 1290. The van der Waals surface area contributed by atoms with Gasteiger partial charge in [0.05, 0.1) is 19.8 Å². The van der Waals surface area contributed by atoms with Crippen LogP contribution in [0.2, 0.25) is 0 Å². The van der Waals surface area contributed by atoms with E-state index in [4.69, 9.17) is 9.47 Å². The van der Waals surface area contributed by atoms with Gasteiger partial charge in [0.2, 0.25) is 17.7 Å². The summed E-state index contributed by atoms with van der Waals surface area (Å²) in [5.41, 5.74) is 0.813. The molecular weight excluding hydrogens is 624 g/mol. The van der Waals surface area contributed by atoms with Crippen LogP contribution in [0.3, 0.4) is 0 Å². The molecule has 0 aliphatic carbocycles. The van der Waals surface area contributed by atoms with Crippen molar-refractivity contribution in [2.24, 2.45) is 5.92 Å². The maximum Gasteiger partial charge on any atom is 0.257 e. The van der Waals surface area contributed by atoms with E-state index < -0.39 is 30.0 Å². The first-order valence-electron chi connectivity index (χ1n) is 16.3. The van der Waals surface area contributed by atoms with Crippen LogP contribution >= 0.6 is 11.3 Å². The van der Waals surface area contributed by atoms with Gasteiger partial charge in [-0.25, -0.2) is 4.98 Å². The Morgan fingerprint density at radius 1 is 1.00 bits per heavy atom. The number of aryl methyl sites for hydroxylation is 1. The molecule has 2 bridgehead atoms.